The maximum absolute atomic E-state index is 12.9. The molecule has 0 aromatic heterocycles. The van der Waals surface area contributed by atoms with Crippen molar-refractivity contribution in [2.45, 2.75) is 43.9 Å². The summed E-state index contributed by atoms with van der Waals surface area (Å²) in [6.45, 7) is 0.578. The Balaban J connectivity index is 1.82. The standard InChI is InChI=1S/C21H23FN2O5/c1-2-21(20(28)23-16(10-19(26)27)18(25)12-22)11-17(24-29-21)15-9-5-7-13-6-3-4-8-14(13)15/h3-9,16,18,25H,2,10-12H2,1H3,(H,23,28)(H,26,27)/t16?,18?,21-/m0/s1. The van der Waals surface area contributed by atoms with Crippen LogP contribution in [0.4, 0.5) is 4.39 Å². The maximum Gasteiger partial charge on any atom is 0.305 e. The van der Waals surface area contributed by atoms with Crippen LogP contribution in [0.25, 0.3) is 10.8 Å². The fourth-order valence-electron chi connectivity index (χ4n) is 3.45. The van der Waals surface area contributed by atoms with Gasteiger partial charge in [0.15, 0.2) is 0 Å². The SMILES string of the molecule is CC[C@@]1(C(=O)NC(CC(=O)O)C(O)CF)CC(c2cccc3ccccc23)=NO1. The molecule has 1 heterocycles. The number of hydrogen-bond acceptors (Lipinski definition) is 5. The Hall–Kier alpha value is -3.00. The quantitative estimate of drug-likeness (QED) is 0.628. The second-order valence-electron chi connectivity index (χ2n) is 7.08. The number of fused-ring (bicyclic) bond motifs is 1. The molecule has 0 aliphatic carbocycles. The number of carbonyl (C=O) groups excluding carboxylic acids is 1. The molecule has 7 nitrogen and oxygen atoms in total. The Bertz CT molecular complexity index is 942. The van der Waals surface area contributed by atoms with Gasteiger partial charge in [-0.25, -0.2) is 4.39 Å². The van der Waals surface area contributed by atoms with Crippen LogP contribution in [0, 0.1) is 0 Å². The summed E-state index contributed by atoms with van der Waals surface area (Å²) in [7, 11) is 0. The lowest BCUT2D eigenvalue weighted by molar-refractivity contribution is -0.147. The molecule has 0 spiro atoms. The third-order valence-electron chi connectivity index (χ3n) is 5.20. The number of alkyl halides is 1. The number of hydrogen-bond donors (Lipinski definition) is 3. The van der Waals surface area contributed by atoms with E-state index in [0.29, 0.717) is 5.71 Å². The van der Waals surface area contributed by atoms with Gasteiger partial charge in [-0.2, -0.15) is 0 Å². The molecule has 2 aromatic carbocycles. The van der Waals surface area contributed by atoms with Crippen LogP contribution in [0.1, 0.15) is 31.7 Å². The first-order valence-electron chi connectivity index (χ1n) is 9.40. The minimum Gasteiger partial charge on any atom is -0.481 e. The fraction of sp³-hybridized carbons (Fsp3) is 0.381. The maximum atomic E-state index is 12.9. The molecule has 29 heavy (non-hydrogen) atoms. The topological polar surface area (TPSA) is 108 Å². The molecule has 0 saturated heterocycles. The van der Waals surface area contributed by atoms with Crippen molar-refractivity contribution in [3.8, 4) is 0 Å². The van der Waals surface area contributed by atoms with E-state index in [9.17, 15) is 19.1 Å². The number of nitrogens with zero attached hydrogens (tertiary/aromatic N) is 1. The minimum absolute atomic E-state index is 0.175. The average molecular weight is 402 g/mol. The fourth-order valence-corrected chi connectivity index (χ4v) is 3.45. The third kappa shape index (κ3) is 4.22. The largest absolute Gasteiger partial charge is 0.481 e. The highest BCUT2D eigenvalue weighted by atomic mass is 19.1. The number of aliphatic hydroxyl groups is 1. The van der Waals surface area contributed by atoms with Gasteiger partial charge in [-0.15, -0.1) is 0 Å². The normalized spacial score (nSPS) is 20.6. The van der Waals surface area contributed by atoms with Crippen LogP contribution in [0.5, 0.6) is 0 Å². The number of halogens is 1. The number of carboxylic acids is 1. The Kier molecular flexibility index (Phi) is 6.12. The molecular weight excluding hydrogens is 379 g/mol. The molecule has 0 radical (unpaired) electrons. The van der Waals surface area contributed by atoms with E-state index in [1.807, 2.05) is 42.5 Å². The molecule has 8 heteroatoms. The molecule has 1 amide bonds. The van der Waals surface area contributed by atoms with E-state index < -0.39 is 42.7 Å². The molecule has 3 atom stereocenters. The Labute approximate surface area is 167 Å². The number of rotatable bonds is 8. The number of carboxylic acid groups (broad SMARTS) is 1. The summed E-state index contributed by atoms with van der Waals surface area (Å²) < 4.78 is 12.9. The van der Waals surface area contributed by atoms with Crippen LogP contribution >= 0.6 is 0 Å². The van der Waals surface area contributed by atoms with Gasteiger partial charge in [-0.05, 0) is 17.2 Å². The molecule has 0 saturated carbocycles. The van der Waals surface area contributed by atoms with E-state index in [1.165, 1.54) is 0 Å². The predicted octanol–water partition coefficient (Wildman–Crippen LogP) is 2.40. The monoisotopic (exact) mass is 402 g/mol. The number of aliphatic hydroxyl groups excluding tert-OH is 1. The van der Waals surface area contributed by atoms with Crippen molar-refractivity contribution < 1.29 is 29.0 Å². The van der Waals surface area contributed by atoms with E-state index in [2.05, 4.69) is 10.5 Å². The lowest BCUT2D eigenvalue weighted by Gasteiger charge is -2.28. The summed E-state index contributed by atoms with van der Waals surface area (Å²) in [5, 5.41) is 27.3. The molecule has 1 aliphatic rings. The van der Waals surface area contributed by atoms with Crippen molar-refractivity contribution in [1.82, 2.24) is 5.32 Å². The molecule has 0 fully saturated rings. The lowest BCUT2D eigenvalue weighted by Crippen LogP contribution is -2.54. The molecule has 1 aliphatic heterocycles. The Morgan fingerprint density at radius 1 is 1.28 bits per heavy atom. The summed E-state index contributed by atoms with van der Waals surface area (Å²) in [5.41, 5.74) is 0.0933. The van der Waals surface area contributed by atoms with Gasteiger partial charge in [-0.3, -0.25) is 9.59 Å². The van der Waals surface area contributed by atoms with Gasteiger partial charge in [0.25, 0.3) is 5.91 Å². The zero-order valence-electron chi connectivity index (χ0n) is 16.0. The van der Waals surface area contributed by atoms with Crippen molar-refractivity contribution in [1.29, 1.82) is 0 Å². The number of carbonyl (C=O) groups is 2. The van der Waals surface area contributed by atoms with Crippen LogP contribution in [0.3, 0.4) is 0 Å². The van der Waals surface area contributed by atoms with Gasteiger partial charge in [0.2, 0.25) is 5.60 Å². The van der Waals surface area contributed by atoms with Gasteiger partial charge in [0.05, 0.1) is 18.2 Å². The van der Waals surface area contributed by atoms with Crippen LogP contribution < -0.4 is 5.32 Å². The van der Waals surface area contributed by atoms with E-state index in [0.717, 1.165) is 16.3 Å². The van der Waals surface area contributed by atoms with Crippen molar-refractivity contribution in [3.05, 3.63) is 48.0 Å². The number of amides is 1. The smallest absolute Gasteiger partial charge is 0.305 e. The highest BCUT2D eigenvalue weighted by Gasteiger charge is 2.46. The van der Waals surface area contributed by atoms with E-state index in [1.54, 1.807) is 6.92 Å². The number of benzene rings is 2. The van der Waals surface area contributed by atoms with Gasteiger partial charge in [-0.1, -0.05) is 54.5 Å². The zero-order valence-corrected chi connectivity index (χ0v) is 16.0. The molecular formula is C21H23FN2O5. The molecule has 154 valence electrons. The second-order valence-corrected chi connectivity index (χ2v) is 7.08. The Morgan fingerprint density at radius 2 is 2.00 bits per heavy atom. The minimum atomic E-state index is -1.62. The van der Waals surface area contributed by atoms with Crippen LogP contribution in [0.15, 0.2) is 47.6 Å². The van der Waals surface area contributed by atoms with Gasteiger partial charge in [0, 0.05) is 12.0 Å². The molecule has 2 unspecified atom stereocenters. The van der Waals surface area contributed by atoms with Crippen molar-refractivity contribution in [2.24, 2.45) is 5.16 Å². The summed E-state index contributed by atoms with van der Waals surface area (Å²) in [6, 6.07) is 12.3. The average Bonchev–Trinajstić information content (AvgIpc) is 3.17. The Morgan fingerprint density at radius 3 is 2.69 bits per heavy atom. The number of aliphatic carboxylic acids is 1. The number of oxime groups is 1. The highest BCUT2D eigenvalue weighted by molar-refractivity contribution is 6.13. The zero-order chi connectivity index (χ0) is 21.0. The molecule has 0 bridgehead atoms. The number of nitrogens with one attached hydrogen (secondary N) is 1. The van der Waals surface area contributed by atoms with E-state index in [4.69, 9.17) is 9.94 Å². The van der Waals surface area contributed by atoms with E-state index in [-0.39, 0.29) is 12.8 Å². The third-order valence-corrected chi connectivity index (χ3v) is 5.20. The van der Waals surface area contributed by atoms with Gasteiger partial charge >= 0.3 is 5.97 Å². The molecule has 3 rings (SSSR count). The lowest BCUT2D eigenvalue weighted by atomic mass is 9.88. The van der Waals surface area contributed by atoms with Crippen LogP contribution in [-0.2, 0) is 14.4 Å². The molecule has 2 aromatic rings. The van der Waals surface area contributed by atoms with Gasteiger partial charge < -0.3 is 20.4 Å². The summed E-state index contributed by atoms with van der Waals surface area (Å²) in [6.07, 6.45) is -1.78. The second kappa shape index (κ2) is 8.57. The van der Waals surface area contributed by atoms with Crippen molar-refractivity contribution >= 4 is 28.4 Å². The summed E-state index contributed by atoms with van der Waals surface area (Å²) in [4.78, 5) is 29.5. The van der Waals surface area contributed by atoms with Crippen LogP contribution in [-0.4, -0.2) is 52.2 Å². The first kappa shape index (κ1) is 20.7. The van der Waals surface area contributed by atoms with Crippen LogP contribution in [0.2, 0.25) is 0 Å². The first-order valence-corrected chi connectivity index (χ1v) is 9.40. The predicted molar refractivity (Wildman–Crippen MR) is 105 cm³/mol. The van der Waals surface area contributed by atoms with E-state index >= 15 is 0 Å². The van der Waals surface area contributed by atoms with Crippen molar-refractivity contribution in [2.75, 3.05) is 6.67 Å². The highest BCUT2D eigenvalue weighted by Crippen LogP contribution is 2.32. The first-order chi connectivity index (χ1) is 13.9. The summed E-state index contributed by atoms with van der Waals surface area (Å²) in [5.74, 6) is -1.88. The molecule has 3 N–H and O–H groups in total. The summed E-state index contributed by atoms with van der Waals surface area (Å²) >= 11 is 0. The van der Waals surface area contributed by atoms with Crippen molar-refractivity contribution in [3.63, 3.8) is 0 Å². The van der Waals surface area contributed by atoms with Gasteiger partial charge in [0.1, 0.15) is 12.8 Å².